The first-order valence-electron chi connectivity index (χ1n) is 7.23. The van der Waals surface area contributed by atoms with E-state index < -0.39 is 18.5 Å². The molecule has 0 aliphatic carbocycles. The van der Waals surface area contributed by atoms with Crippen molar-refractivity contribution in [1.82, 2.24) is 0 Å². The number of fused-ring (bicyclic) bond motifs is 3. The third-order valence-corrected chi connectivity index (χ3v) is 3.61. The van der Waals surface area contributed by atoms with Crippen LogP contribution in [-0.4, -0.2) is 13.0 Å². The first-order chi connectivity index (χ1) is 9.72. The summed E-state index contributed by atoms with van der Waals surface area (Å²) >= 11 is 0. The van der Waals surface area contributed by atoms with E-state index in [9.17, 15) is 0 Å². The number of hydrogen-bond acceptors (Lipinski definition) is 2. The third-order valence-electron chi connectivity index (χ3n) is 3.61. The van der Waals surface area contributed by atoms with E-state index in [1.807, 2.05) is 54.6 Å². The number of anilines is 1. The van der Waals surface area contributed by atoms with E-state index in [1.165, 1.54) is 0 Å². The van der Waals surface area contributed by atoms with Gasteiger partial charge in [-0.25, -0.2) is 0 Å². The monoisotopic (exact) mass is 236 g/mol. The highest BCUT2D eigenvalue weighted by atomic mass is 15.0. The van der Waals surface area contributed by atoms with Crippen molar-refractivity contribution in [2.24, 2.45) is 4.99 Å². The first kappa shape index (κ1) is 8.09. The number of para-hydroxylation sites is 2. The van der Waals surface area contributed by atoms with E-state index in [4.69, 9.17) is 2.74 Å². The maximum absolute atomic E-state index is 8.45. The van der Waals surface area contributed by atoms with Crippen LogP contribution in [0.5, 0.6) is 0 Å². The van der Waals surface area contributed by atoms with Crippen molar-refractivity contribution >= 4 is 11.8 Å². The van der Waals surface area contributed by atoms with E-state index in [-0.39, 0.29) is 0 Å². The molecule has 2 aromatic carbocycles. The summed E-state index contributed by atoms with van der Waals surface area (Å²) in [5.41, 5.74) is 1.24. The Morgan fingerprint density at radius 1 is 1.11 bits per heavy atom. The lowest BCUT2D eigenvalue weighted by molar-refractivity contribution is 0.621. The molecule has 18 heavy (non-hydrogen) atoms. The third kappa shape index (κ3) is 1.26. The molecule has 0 aromatic heterocycles. The van der Waals surface area contributed by atoms with Gasteiger partial charge in [0.1, 0.15) is 0 Å². The minimum atomic E-state index is -0.703. The molecule has 2 aliphatic rings. The fourth-order valence-corrected chi connectivity index (χ4v) is 2.69. The number of hydrogen-bond donors (Lipinski definition) is 1. The van der Waals surface area contributed by atoms with Crippen LogP contribution in [0.15, 0.2) is 53.5 Å². The zero-order valence-corrected chi connectivity index (χ0v) is 9.80. The Bertz CT molecular complexity index is 802. The van der Waals surface area contributed by atoms with E-state index in [2.05, 4.69) is 10.3 Å². The average molecular weight is 236 g/mol. The quantitative estimate of drug-likeness (QED) is 0.736. The average Bonchev–Trinajstić information content (AvgIpc) is 2.74. The van der Waals surface area contributed by atoms with E-state index in [1.54, 1.807) is 0 Å². The van der Waals surface area contributed by atoms with E-state index in [0.717, 1.165) is 21.8 Å². The molecule has 0 amide bonds. The number of nitrogens with zero attached hydrogens (tertiary/aromatic N) is 1. The van der Waals surface area contributed by atoms with Gasteiger partial charge in [0.05, 0.1) is 20.0 Å². The van der Waals surface area contributed by atoms with Crippen LogP contribution in [0.1, 0.15) is 8.30 Å². The summed E-state index contributed by atoms with van der Waals surface area (Å²) in [7, 11) is 0. The van der Waals surface area contributed by atoms with Crippen LogP contribution < -0.4 is 15.9 Å². The van der Waals surface area contributed by atoms with Crippen LogP contribution in [0.25, 0.3) is 6.08 Å². The molecule has 2 heteroatoms. The van der Waals surface area contributed by atoms with Crippen LogP contribution in [0.3, 0.4) is 0 Å². The fourth-order valence-electron chi connectivity index (χ4n) is 2.69. The summed E-state index contributed by atoms with van der Waals surface area (Å²) in [6.07, 6.45) is 2.05. The molecule has 2 aliphatic heterocycles. The molecule has 0 fully saturated rings. The lowest BCUT2D eigenvalue weighted by Gasteiger charge is -2.25. The Balaban J connectivity index is 2.05. The molecule has 3 unspecified atom stereocenters. The van der Waals surface area contributed by atoms with Gasteiger partial charge in [0.25, 0.3) is 0 Å². The molecule has 4 rings (SSSR count). The topological polar surface area (TPSA) is 24.4 Å². The second-order valence-electron chi connectivity index (χ2n) is 4.73. The predicted molar refractivity (Wildman–Crippen MR) is 73.2 cm³/mol. The predicted octanol–water partition coefficient (Wildman–Crippen LogP) is 1.46. The Kier molecular flexibility index (Phi) is 1.55. The highest BCUT2D eigenvalue weighted by Crippen LogP contribution is 2.38. The van der Waals surface area contributed by atoms with Gasteiger partial charge in [-0.1, -0.05) is 42.5 Å². The standard InChI is InChI=1S/C16H14N2/c1-3-7-14-12(5-1)9-16(10-17-14)11-18-15-8-4-2-6-13(15)16/h1-9,18H,10-11H2/i10D,11D. The van der Waals surface area contributed by atoms with Crippen LogP contribution in [0, 0.1) is 0 Å². The van der Waals surface area contributed by atoms with Crippen molar-refractivity contribution in [2.75, 3.05) is 18.4 Å². The van der Waals surface area contributed by atoms with Gasteiger partial charge in [-0.15, -0.1) is 0 Å². The Hall–Kier alpha value is -2.09. The van der Waals surface area contributed by atoms with Gasteiger partial charge in [0.2, 0.25) is 0 Å². The van der Waals surface area contributed by atoms with Gasteiger partial charge in [-0.2, -0.15) is 0 Å². The fraction of sp³-hybridized carbons (Fsp3) is 0.188. The van der Waals surface area contributed by atoms with Crippen molar-refractivity contribution in [1.29, 1.82) is 0 Å². The van der Waals surface area contributed by atoms with Gasteiger partial charge < -0.3 is 5.32 Å². The number of nitrogens with one attached hydrogen (secondary N) is 1. The van der Waals surface area contributed by atoms with Gasteiger partial charge in [-0.05, 0) is 22.9 Å². The zero-order valence-electron chi connectivity index (χ0n) is 11.8. The van der Waals surface area contributed by atoms with E-state index in [0.29, 0.717) is 0 Å². The number of benzene rings is 2. The second-order valence-corrected chi connectivity index (χ2v) is 4.73. The first-order valence-corrected chi connectivity index (χ1v) is 6.08. The summed E-state index contributed by atoms with van der Waals surface area (Å²) in [5.74, 6) is 0. The van der Waals surface area contributed by atoms with Crippen molar-refractivity contribution in [3.8, 4) is 0 Å². The minimum absolute atomic E-state index is 0.584. The lowest BCUT2D eigenvalue weighted by Crippen LogP contribution is -2.40. The molecule has 0 bridgehead atoms. The molecule has 0 radical (unpaired) electrons. The summed E-state index contributed by atoms with van der Waals surface area (Å²) in [4.78, 5) is 4.51. The minimum Gasteiger partial charge on any atom is -0.384 e. The van der Waals surface area contributed by atoms with Gasteiger partial charge >= 0.3 is 0 Å². The van der Waals surface area contributed by atoms with Crippen molar-refractivity contribution in [3.05, 3.63) is 64.7 Å². The summed E-state index contributed by atoms with van der Waals surface area (Å²) in [6.45, 7) is -1.28. The Labute approximate surface area is 109 Å². The van der Waals surface area contributed by atoms with Crippen LogP contribution in [0.4, 0.5) is 5.69 Å². The highest BCUT2D eigenvalue weighted by Gasteiger charge is 2.37. The van der Waals surface area contributed by atoms with Crippen LogP contribution in [-0.2, 0) is 5.41 Å². The van der Waals surface area contributed by atoms with Crippen LogP contribution in [0.2, 0.25) is 0 Å². The Morgan fingerprint density at radius 2 is 1.94 bits per heavy atom. The largest absolute Gasteiger partial charge is 0.384 e. The molecule has 0 saturated carbocycles. The van der Waals surface area contributed by atoms with Crippen molar-refractivity contribution < 1.29 is 2.74 Å². The molecule has 2 aromatic rings. The summed E-state index contributed by atoms with van der Waals surface area (Å²) < 4.78 is 16.9. The summed E-state index contributed by atoms with van der Waals surface area (Å²) in [5, 5.41) is 5.02. The SMILES string of the molecule is [2H]C1N=c2ccccc2=CC12c1ccccc1NC2[2H]. The maximum atomic E-state index is 8.45. The molecule has 2 heterocycles. The number of rotatable bonds is 0. The summed E-state index contributed by atoms with van der Waals surface area (Å²) in [6, 6.07) is 15.7. The normalized spacial score (nSPS) is 33.3. The van der Waals surface area contributed by atoms with Crippen molar-refractivity contribution in [3.63, 3.8) is 0 Å². The molecule has 0 saturated heterocycles. The van der Waals surface area contributed by atoms with Crippen LogP contribution >= 0.6 is 0 Å². The molecule has 88 valence electrons. The molecular weight excluding hydrogens is 220 g/mol. The second kappa shape index (κ2) is 3.45. The zero-order chi connectivity index (χ0) is 13.7. The van der Waals surface area contributed by atoms with Crippen molar-refractivity contribution in [2.45, 2.75) is 5.41 Å². The molecular formula is C16H14N2. The van der Waals surface area contributed by atoms with Gasteiger partial charge in [-0.3, -0.25) is 4.99 Å². The Morgan fingerprint density at radius 3 is 2.94 bits per heavy atom. The molecule has 2 nitrogen and oxygen atoms in total. The smallest absolute Gasteiger partial charge is 0.0644 e. The molecule has 3 atom stereocenters. The molecule has 1 N–H and O–H groups in total. The van der Waals surface area contributed by atoms with E-state index >= 15 is 0 Å². The maximum Gasteiger partial charge on any atom is 0.0644 e. The van der Waals surface area contributed by atoms with Gasteiger partial charge in [0, 0.05) is 12.2 Å². The highest BCUT2D eigenvalue weighted by molar-refractivity contribution is 5.67. The lowest BCUT2D eigenvalue weighted by atomic mass is 9.80. The molecule has 1 spiro atoms. The van der Waals surface area contributed by atoms with Gasteiger partial charge in [0.15, 0.2) is 0 Å².